The second-order valence-corrected chi connectivity index (χ2v) is 14.0. The molecule has 2 aromatic carbocycles. The first-order valence-electron chi connectivity index (χ1n) is 17.2. The number of ether oxygens (including phenoxy) is 5. The van der Waals surface area contributed by atoms with Crippen LogP contribution >= 0.6 is 0 Å². The van der Waals surface area contributed by atoms with E-state index < -0.39 is 35.7 Å². The molecule has 4 aliphatic heterocycles. The highest BCUT2D eigenvalue weighted by Crippen LogP contribution is 2.37. The van der Waals surface area contributed by atoms with E-state index >= 15 is 0 Å². The zero-order chi connectivity index (χ0) is 36.7. The molecule has 0 unspecified atom stereocenters. The highest BCUT2D eigenvalue weighted by Gasteiger charge is 2.56. The van der Waals surface area contributed by atoms with E-state index in [0.29, 0.717) is 19.5 Å². The van der Waals surface area contributed by atoms with Crippen LogP contribution in [0.25, 0.3) is 0 Å². The van der Waals surface area contributed by atoms with Gasteiger partial charge in [0.2, 0.25) is 0 Å². The Morgan fingerprint density at radius 1 is 0.686 bits per heavy atom. The third kappa shape index (κ3) is 8.91. The molecule has 2 aromatic rings. The van der Waals surface area contributed by atoms with Crippen molar-refractivity contribution < 1.29 is 47.7 Å². The first-order valence-corrected chi connectivity index (χ1v) is 17.2. The molecule has 4 aliphatic rings. The number of esters is 2. The molecular formula is C37H48N4O10. The minimum atomic E-state index is -0.650. The Morgan fingerprint density at radius 3 is 1.73 bits per heavy atom. The smallest absolute Gasteiger partial charge is 0.410 e. The second kappa shape index (κ2) is 16.4. The Morgan fingerprint density at radius 2 is 1.20 bits per heavy atom. The number of hydrogen-bond donors (Lipinski definition) is 1. The Kier molecular flexibility index (Phi) is 12.1. The maximum Gasteiger partial charge on any atom is 0.410 e. The van der Waals surface area contributed by atoms with Gasteiger partial charge in [-0.15, -0.1) is 0 Å². The van der Waals surface area contributed by atoms with Crippen molar-refractivity contribution in [1.29, 1.82) is 0 Å². The number of amides is 3. The topological polar surface area (TPSA) is 153 Å². The lowest BCUT2D eigenvalue weighted by Crippen LogP contribution is -2.47. The number of fused-ring (bicyclic) bond motifs is 2. The van der Waals surface area contributed by atoms with Crippen molar-refractivity contribution in [3.63, 3.8) is 0 Å². The Bertz CT molecular complexity index is 1530. The van der Waals surface area contributed by atoms with Gasteiger partial charge in [-0.3, -0.25) is 9.59 Å². The summed E-state index contributed by atoms with van der Waals surface area (Å²) in [4.78, 5) is 66.7. The standard InChI is InChI=1S/C21H28N2O6.C16H20N2O4/c1-21(2,3)29-20(26)22-11-10-16-17(22)15(18(24)27-4)12-23(16)19(25)28-13-14-8-6-5-7-9-14;1-21-15(19)12-9-18(13-7-8-17-14(12)13)16(20)22-10-11-5-3-2-4-6-11/h5-9,15-17H,10-13H2,1-4H3;2-6,12-14,17H,7-10H2,1H3/t15-,16+,17+;12-,13+,14+/m00/s1. The van der Waals surface area contributed by atoms with Crippen LogP contribution in [0.15, 0.2) is 60.7 Å². The van der Waals surface area contributed by atoms with Gasteiger partial charge in [0.25, 0.3) is 0 Å². The quantitative estimate of drug-likeness (QED) is 0.343. The van der Waals surface area contributed by atoms with Crippen LogP contribution in [0.1, 0.15) is 44.7 Å². The predicted molar refractivity (Wildman–Crippen MR) is 183 cm³/mol. The van der Waals surface area contributed by atoms with Crippen LogP contribution in [0, 0.1) is 11.8 Å². The molecule has 0 saturated carbocycles. The van der Waals surface area contributed by atoms with Crippen LogP contribution in [-0.2, 0) is 46.5 Å². The fourth-order valence-corrected chi connectivity index (χ4v) is 7.31. The maximum absolute atomic E-state index is 12.7. The van der Waals surface area contributed by atoms with Crippen LogP contribution in [0.4, 0.5) is 14.4 Å². The average molecular weight is 709 g/mol. The molecule has 276 valence electrons. The highest BCUT2D eigenvalue weighted by atomic mass is 16.6. The molecular weight excluding hydrogens is 660 g/mol. The molecule has 4 saturated heterocycles. The summed E-state index contributed by atoms with van der Waals surface area (Å²) in [6, 6.07) is 18.1. The van der Waals surface area contributed by atoms with Gasteiger partial charge < -0.3 is 43.7 Å². The number of methoxy groups -OCH3 is 2. The molecule has 51 heavy (non-hydrogen) atoms. The van der Waals surface area contributed by atoms with Gasteiger partial charge in [0.1, 0.15) is 18.8 Å². The van der Waals surface area contributed by atoms with Gasteiger partial charge in [-0.05, 0) is 51.3 Å². The minimum Gasteiger partial charge on any atom is -0.469 e. The van der Waals surface area contributed by atoms with Crippen molar-refractivity contribution in [2.75, 3.05) is 40.4 Å². The molecule has 0 aromatic heterocycles. The van der Waals surface area contributed by atoms with E-state index in [1.165, 1.54) is 14.2 Å². The number of likely N-dealkylation sites (tertiary alicyclic amines) is 3. The van der Waals surface area contributed by atoms with Crippen molar-refractivity contribution >= 4 is 30.2 Å². The van der Waals surface area contributed by atoms with Crippen LogP contribution < -0.4 is 5.32 Å². The van der Waals surface area contributed by atoms with Crippen LogP contribution in [0.3, 0.4) is 0 Å². The number of benzene rings is 2. The summed E-state index contributed by atoms with van der Waals surface area (Å²) in [5.41, 5.74) is 1.17. The zero-order valence-electron chi connectivity index (χ0n) is 29.8. The number of carbonyl (C=O) groups excluding carboxylic acids is 5. The molecule has 14 nitrogen and oxygen atoms in total. The number of rotatable bonds is 6. The molecule has 6 atom stereocenters. The average Bonchev–Trinajstić information content (AvgIpc) is 3.92. The van der Waals surface area contributed by atoms with E-state index in [-0.39, 0.29) is 55.9 Å². The van der Waals surface area contributed by atoms with Gasteiger partial charge >= 0.3 is 30.2 Å². The summed E-state index contributed by atoms with van der Waals surface area (Å²) in [6.07, 6.45) is 0.0323. The lowest BCUT2D eigenvalue weighted by molar-refractivity contribution is -0.146. The van der Waals surface area contributed by atoms with Gasteiger partial charge in [-0.1, -0.05) is 60.7 Å². The molecule has 0 aliphatic carbocycles. The number of hydrogen-bond acceptors (Lipinski definition) is 11. The van der Waals surface area contributed by atoms with E-state index in [1.54, 1.807) is 35.5 Å². The van der Waals surface area contributed by atoms with Crippen LogP contribution in [0.2, 0.25) is 0 Å². The van der Waals surface area contributed by atoms with Crippen molar-refractivity contribution in [3.05, 3.63) is 71.8 Å². The second-order valence-electron chi connectivity index (χ2n) is 14.0. The normalized spacial score (nSPS) is 24.8. The first-order chi connectivity index (χ1) is 24.4. The number of nitrogens with zero attached hydrogens (tertiary/aromatic N) is 3. The SMILES string of the molecule is COC(=O)[C@H]1CN(C(=O)OCc2ccccc2)[C@@H]2CCN(C(=O)OC(C)(C)C)[C@H]12.COC(=O)[C@H]1CN(C(=O)OCc2ccccc2)[C@@H]2CCN[C@H]12. The molecule has 0 bridgehead atoms. The van der Waals surface area contributed by atoms with Crippen molar-refractivity contribution in [2.45, 2.75) is 76.6 Å². The Hall–Kier alpha value is -4.85. The predicted octanol–water partition coefficient (Wildman–Crippen LogP) is 3.96. The largest absolute Gasteiger partial charge is 0.469 e. The fraction of sp³-hybridized carbons (Fsp3) is 0.541. The summed E-state index contributed by atoms with van der Waals surface area (Å²) in [7, 11) is 2.68. The molecule has 14 heteroatoms. The summed E-state index contributed by atoms with van der Waals surface area (Å²) >= 11 is 0. The van der Waals surface area contributed by atoms with Crippen LogP contribution in [0.5, 0.6) is 0 Å². The highest BCUT2D eigenvalue weighted by molar-refractivity contribution is 5.80. The van der Waals surface area contributed by atoms with Crippen molar-refractivity contribution in [2.24, 2.45) is 11.8 Å². The molecule has 6 rings (SSSR count). The Labute approximate surface area is 298 Å². The van der Waals surface area contributed by atoms with E-state index in [2.05, 4.69) is 5.32 Å². The van der Waals surface area contributed by atoms with E-state index in [4.69, 9.17) is 23.7 Å². The third-order valence-corrected chi connectivity index (χ3v) is 9.60. The molecule has 4 fully saturated rings. The lowest BCUT2D eigenvalue weighted by Gasteiger charge is -2.30. The van der Waals surface area contributed by atoms with Crippen molar-refractivity contribution in [3.8, 4) is 0 Å². The summed E-state index contributed by atoms with van der Waals surface area (Å²) in [5, 5.41) is 3.29. The van der Waals surface area contributed by atoms with Gasteiger partial charge in [0.05, 0.1) is 44.2 Å². The van der Waals surface area contributed by atoms with Gasteiger partial charge in [-0.25, -0.2) is 14.4 Å². The zero-order valence-corrected chi connectivity index (χ0v) is 29.8. The van der Waals surface area contributed by atoms with Gasteiger partial charge in [0, 0.05) is 25.7 Å². The summed E-state index contributed by atoms with van der Waals surface area (Å²) in [6.45, 7) is 7.45. The fourth-order valence-electron chi connectivity index (χ4n) is 7.31. The Balaban J connectivity index is 0.000000205. The monoisotopic (exact) mass is 708 g/mol. The number of nitrogens with one attached hydrogen (secondary N) is 1. The van der Waals surface area contributed by atoms with E-state index in [0.717, 1.165) is 24.1 Å². The molecule has 0 spiro atoms. The first kappa shape index (κ1) is 37.4. The van der Waals surface area contributed by atoms with Crippen molar-refractivity contribution in [1.82, 2.24) is 20.0 Å². The maximum atomic E-state index is 12.7. The van der Waals surface area contributed by atoms with E-state index in [1.807, 2.05) is 60.7 Å². The minimum absolute atomic E-state index is 0.00683. The molecule has 4 heterocycles. The van der Waals surface area contributed by atoms with Gasteiger partial charge in [-0.2, -0.15) is 0 Å². The van der Waals surface area contributed by atoms with Crippen LogP contribution in [-0.4, -0.2) is 115 Å². The van der Waals surface area contributed by atoms with Gasteiger partial charge in [0.15, 0.2) is 0 Å². The number of carbonyl (C=O) groups is 5. The summed E-state index contributed by atoms with van der Waals surface area (Å²) < 4.78 is 26.1. The van der Waals surface area contributed by atoms with E-state index in [9.17, 15) is 24.0 Å². The molecule has 0 radical (unpaired) electrons. The third-order valence-electron chi connectivity index (χ3n) is 9.60. The molecule has 1 N–H and O–H groups in total. The molecule has 3 amide bonds. The lowest BCUT2D eigenvalue weighted by atomic mass is 10.00. The summed E-state index contributed by atoms with van der Waals surface area (Å²) in [5.74, 6) is -1.68.